The van der Waals surface area contributed by atoms with Gasteiger partial charge in [0.2, 0.25) is 11.8 Å². The second-order valence-corrected chi connectivity index (χ2v) is 4.78. The van der Waals surface area contributed by atoms with Gasteiger partial charge in [-0.15, -0.1) is 0 Å². The van der Waals surface area contributed by atoms with Gasteiger partial charge in [0, 0.05) is 12.1 Å². The van der Waals surface area contributed by atoms with Crippen molar-refractivity contribution in [1.29, 1.82) is 0 Å². The molecule has 0 radical (unpaired) electrons. The molecule has 2 rings (SSSR count). The standard InChI is InChI=1S/C14H13F4N3O3/c1-8-4-13(24-21-8)20-12(22)6-19-10-5-9(15)2-3-11(10)23-7-14(16,17)18/h2-5,19H,6-7H2,1H3,(H,20,22). The van der Waals surface area contributed by atoms with Crippen LogP contribution in [0.25, 0.3) is 0 Å². The van der Waals surface area contributed by atoms with Crippen LogP contribution in [0.4, 0.5) is 29.1 Å². The SMILES string of the molecule is Cc1cc(NC(=O)CNc2cc(F)ccc2OCC(F)(F)F)on1. The highest BCUT2D eigenvalue weighted by atomic mass is 19.4. The molecule has 0 spiro atoms. The van der Waals surface area contributed by atoms with Crippen LogP contribution in [-0.4, -0.2) is 30.4 Å². The Morgan fingerprint density at radius 3 is 2.71 bits per heavy atom. The van der Waals surface area contributed by atoms with Crippen LogP contribution in [0.15, 0.2) is 28.8 Å². The number of halogens is 4. The van der Waals surface area contributed by atoms with Crippen molar-refractivity contribution in [2.75, 3.05) is 23.8 Å². The van der Waals surface area contributed by atoms with Gasteiger partial charge in [-0.2, -0.15) is 13.2 Å². The molecule has 0 atom stereocenters. The van der Waals surface area contributed by atoms with E-state index in [1.807, 2.05) is 0 Å². The zero-order valence-corrected chi connectivity index (χ0v) is 12.4. The summed E-state index contributed by atoms with van der Waals surface area (Å²) in [7, 11) is 0. The molecule has 24 heavy (non-hydrogen) atoms. The molecule has 1 aromatic heterocycles. The number of aromatic nitrogens is 1. The van der Waals surface area contributed by atoms with Gasteiger partial charge >= 0.3 is 6.18 Å². The summed E-state index contributed by atoms with van der Waals surface area (Å²) in [6, 6.07) is 4.41. The number of amides is 1. The summed E-state index contributed by atoms with van der Waals surface area (Å²) in [5.74, 6) is -1.36. The van der Waals surface area contributed by atoms with Crippen LogP contribution in [0.1, 0.15) is 5.69 Å². The number of benzene rings is 1. The molecule has 0 aliphatic carbocycles. The van der Waals surface area contributed by atoms with Crippen molar-refractivity contribution in [3.63, 3.8) is 0 Å². The van der Waals surface area contributed by atoms with Gasteiger partial charge in [0.15, 0.2) is 6.61 Å². The predicted molar refractivity (Wildman–Crippen MR) is 76.3 cm³/mol. The molecule has 2 N–H and O–H groups in total. The van der Waals surface area contributed by atoms with E-state index in [1.165, 1.54) is 6.07 Å². The largest absolute Gasteiger partial charge is 0.482 e. The molecule has 6 nitrogen and oxygen atoms in total. The number of carbonyl (C=O) groups excluding carboxylic acids is 1. The number of alkyl halides is 3. The van der Waals surface area contributed by atoms with Crippen LogP contribution < -0.4 is 15.4 Å². The minimum Gasteiger partial charge on any atom is -0.482 e. The van der Waals surface area contributed by atoms with Crippen LogP contribution >= 0.6 is 0 Å². The number of carbonyl (C=O) groups is 1. The Morgan fingerprint density at radius 1 is 1.33 bits per heavy atom. The number of rotatable bonds is 6. The van der Waals surface area contributed by atoms with Crippen LogP contribution in [0, 0.1) is 12.7 Å². The molecule has 0 aliphatic rings. The Kier molecular flexibility index (Phi) is 5.27. The third kappa shape index (κ3) is 5.45. The van der Waals surface area contributed by atoms with Gasteiger partial charge in [-0.25, -0.2) is 4.39 Å². The summed E-state index contributed by atoms with van der Waals surface area (Å²) in [5.41, 5.74) is 0.481. The minimum atomic E-state index is -4.53. The molecule has 0 bridgehead atoms. The van der Waals surface area contributed by atoms with E-state index in [-0.39, 0.29) is 23.9 Å². The maximum absolute atomic E-state index is 13.3. The smallest absolute Gasteiger partial charge is 0.422 e. The molecular formula is C14H13F4N3O3. The number of anilines is 2. The van der Waals surface area contributed by atoms with Gasteiger partial charge < -0.3 is 14.6 Å². The fraction of sp³-hybridized carbons (Fsp3) is 0.286. The van der Waals surface area contributed by atoms with Gasteiger partial charge in [-0.05, 0) is 19.1 Å². The zero-order valence-electron chi connectivity index (χ0n) is 12.4. The predicted octanol–water partition coefficient (Wildman–Crippen LogP) is 3.11. The lowest BCUT2D eigenvalue weighted by Crippen LogP contribution is -2.23. The van der Waals surface area contributed by atoms with Crippen molar-refractivity contribution in [2.24, 2.45) is 0 Å². The van der Waals surface area contributed by atoms with Gasteiger partial charge in [-0.3, -0.25) is 10.1 Å². The van der Waals surface area contributed by atoms with Crippen molar-refractivity contribution in [3.8, 4) is 5.75 Å². The Labute approximate surface area is 133 Å². The number of nitrogens with one attached hydrogen (secondary N) is 2. The number of hydrogen-bond acceptors (Lipinski definition) is 5. The summed E-state index contributed by atoms with van der Waals surface area (Å²) in [4.78, 5) is 11.7. The average Bonchev–Trinajstić information content (AvgIpc) is 2.88. The van der Waals surface area contributed by atoms with Gasteiger partial charge in [0.05, 0.1) is 17.9 Å². The van der Waals surface area contributed by atoms with Crippen molar-refractivity contribution < 1.29 is 31.6 Å². The summed E-state index contributed by atoms with van der Waals surface area (Å²) in [5, 5.41) is 8.46. The highest BCUT2D eigenvalue weighted by Gasteiger charge is 2.29. The van der Waals surface area contributed by atoms with E-state index in [4.69, 9.17) is 4.52 Å². The first kappa shape index (κ1) is 17.6. The molecular weight excluding hydrogens is 334 g/mol. The van der Waals surface area contributed by atoms with Crippen molar-refractivity contribution in [3.05, 3.63) is 35.8 Å². The van der Waals surface area contributed by atoms with E-state index >= 15 is 0 Å². The van der Waals surface area contributed by atoms with Crippen molar-refractivity contribution >= 4 is 17.5 Å². The summed E-state index contributed by atoms with van der Waals surface area (Å²) < 4.78 is 59.3. The Bertz CT molecular complexity index is 716. The Morgan fingerprint density at radius 2 is 2.08 bits per heavy atom. The highest BCUT2D eigenvalue weighted by molar-refractivity contribution is 5.92. The fourth-order valence-corrected chi connectivity index (χ4v) is 1.71. The Balaban J connectivity index is 1.97. The summed E-state index contributed by atoms with van der Waals surface area (Å²) >= 11 is 0. The number of hydrogen-bond donors (Lipinski definition) is 2. The lowest BCUT2D eigenvalue weighted by atomic mass is 10.2. The molecule has 1 aromatic carbocycles. The van der Waals surface area contributed by atoms with Crippen molar-refractivity contribution in [2.45, 2.75) is 13.1 Å². The average molecular weight is 347 g/mol. The Hall–Kier alpha value is -2.78. The van der Waals surface area contributed by atoms with E-state index in [9.17, 15) is 22.4 Å². The molecule has 1 heterocycles. The molecule has 0 aliphatic heterocycles. The summed E-state index contributed by atoms with van der Waals surface area (Å²) in [6.45, 7) is -0.211. The minimum absolute atomic E-state index is 0.0804. The van der Waals surface area contributed by atoms with Crippen molar-refractivity contribution in [1.82, 2.24) is 5.16 Å². The number of aryl methyl sites for hydroxylation is 1. The zero-order chi connectivity index (χ0) is 17.7. The third-order valence-electron chi connectivity index (χ3n) is 2.66. The first-order valence-corrected chi connectivity index (χ1v) is 6.69. The van der Waals surface area contributed by atoms with Gasteiger partial charge in [0.1, 0.15) is 11.6 Å². The highest BCUT2D eigenvalue weighted by Crippen LogP contribution is 2.27. The molecule has 1 amide bonds. The third-order valence-corrected chi connectivity index (χ3v) is 2.66. The van der Waals surface area contributed by atoms with E-state index in [1.54, 1.807) is 6.92 Å². The van der Waals surface area contributed by atoms with E-state index in [2.05, 4.69) is 20.5 Å². The van der Waals surface area contributed by atoms with E-state index < -0.39 is 24.5 Å². The molecule has 10 heteroatoms. The van der Waals surface area contributed by atoms with E-state index in [0.717, 1.165) is 18.2 Å². The molecule has 0 saturated heterocycles. The lowest BCUT2D eigenvalue weighted by Gasteiger charge is -2.14. The first-order valence-electron chi connectivity index (χ1n) is 6.69. The van der Waals surface area contributed by atoms with Gasteiger partial charge in [0.25, 0.3) is 0 Å². The normalized spacial score (nSPS) is 11.2. The maximum Gasteiger partial charge on any atom is 0.422 e. The monoisotopic (exact) mass is 347 g/mol. The quantitative estimate of drug-likeness (QED) is 0.785. The van der Waals surface area contributed by atoms with E-state index in [0.29, 0.717) is 5.69 Å². The van der Waals surface area contributed by atoms with Crippen LogP contribution in [0.5, 0.6) is 5.75 Å². The summed E-state index contributed by atoms with van der Waals surface area (Å²) in [6.07, 6.45) is -4.53. The van der Waals surface area contributed by atoms with Gasteiger partial charge in [-0.1, -0.05) is 5.16 Å². The molecule has 2 aromatic rings. The number of nitrogens with zero attached hydrogens (tertiary/aromatic N) is 1. The molecule has 0 fully saturated rings. The van der Waals surface area contributed by atoms with Crippen LogP contribution in [-0.2, 0) is 4.79 Å². The van der Waals surface area contributed by atoms with Crippen LogP contribution in [0.3, 0.4) is 0 Å². The topological polar surface area (TPSA) is 76.4 Å². The molecule has 0 saturated carbocycles. The number of ether oxygens (including phenoxy) is 1. The second-order valence-electron chi connectivity index (χ2n) is 4.78. The maximum atomic E-state index is 13.3. The fourth-order valence-electron chi connectivity index (χ4n) is 1.71. The van der Waals surface area contributed by atoms with Crippen LogP contribution in [0.2, 0.25) is 0 Å². The molecule has 130 valence electrons. The molecule has 0 unspecified atom stereocenters. The second kappa shape index (κ2) is 7.20. The lowest BCUT2D eigenvalue weighted by molar-refractivity contribution is -0.153. The first-order chi connectivity index (χ1) is 11.2.